The van der Waals surface area contributed by atoms with Gasteiger partial charge in [0.1, 0.15) is 5.75 Å². The fourth-order valence-corrected chi connectivity index (χ4v) is 3.75. The van der Waals surface area contributed by atoms with Gasteiger partial charge in [-0.15, -0.1) is 0 Å². The Kier molecular flexibility index (Phi) is 8.31. The number of benzene rings is 1. The van der Waals surface area contributed by atoms with Crippen molar-refractivity contribution in [2.24, 2.45) is 0 Å². The van der Waals surface area contributed by atoms with Gasteiger partial charge in [-0.2, -0.15) is 18.3 Å². The van der Waals surface area contributed by atoms with E-state index in [1.54, 1.807) is 12.3 Å². The van der Waals surface area contributed by atoms with Crippen molar-refractivity contribution in [3.63, 3.8) is 0 Å². The lowest BCUT2D eigenvalue weighted by Gasteiger charge is -2.14. The van der Waals surface area contributed by atoms with Gasteiger partial charge in [-0.3, -0.25) is 4.79 Å². The van der Waals surface area contributed by atoms with Crippen LogP contribution in [0.4, 0.5) is 13.2 Å². The number of aromatic nitrogens is 3. The highest BCUT2D eigenvalue weighted by Gasteiger charge is 2.30. The van der Waals surface area contributed by atoms with Gasteiger partial charge in [0.15, 0.2) is 5.82 Å². The summed E-state index contributed by atoms with van der Waals surface area (Å²) in [4.78, 5) is 15.1. The minimum Gasteiger partial charge on any atom is -0.493 e. The molecular formula is C25H28F3N3O3. The zero-order valence-corrected chi connectivity index (χ0v) is 19.2. The van der Waals surface area contributed by atoms with Crippen molar-refractivity contribution in [3.05, 3.63) is 70.7 Å². The van der Waals surface area contributed by atoms with Gasteiger partial charge >= 0.3 is 12.1 Å². The third kappa shape index (κ3) is 6.36. The van der Waals surface area contributed by atoms with E-state index in [2.05, 4.69) is 10.1 Å². The van der Waals surface area contributed by atoms with Crippen LogP contribution in [0, 0.1) is 0 Å². The van der Waals surface area contributed by atoms with Crippen molar-refractivity contribution in [3.8, 4) is 11.6 Å². The third-order valence-electron chi connectivity index (χ3n) is 5.41. The molecule has 0 unspecified atom stereocenters. The Morgan fingerprint density at radius 2 is 1.85 bits per heavy atom. The minimum atomic E-state index is -4.44. The summed E-state index contributed by atoms with van der Waals surface area (Å²) in [7, 11) is 0. The molecule has 0 atom stereocenters. The Morgan fingerprint density at radius 1 is 1.09 bits per heavy atom. The van der Waals surface area contributed by atoms with Crippen LogP contribution < -0.4 is 4.74 Å². The van der Waals surface area contributed by atoms with E-state index >= 15 is 0 Å². The molecule has 3 rings (SSSR count). The number of ether oxygens (including phenoxy) is 1. The van der Waals surface area contributed by atoms with E-state index in [4.69, 9.17) is 4.74 Å². The van der Waals surface area contributed by atoms with Gasteiger partial charge in [0.05, 0.1) is 24.3 Å². The summed E-state index contributed by atoms with van der Waals surface area (Å²) in [5.74, 6) is 0.0421. The fraction of sp³-hybridized carbons (Fsp3) is 0.400. The molecule has 2 aromatic heterocycles. The molecular weight excluding hydrogens is 447 g/mol. The average Bonchev–Trinajstić information content (AvgIpc) is 3.19. The summed E-state index contributed by atoms with van der Waals surface area (Å²) in [6.07, 6.45) is 1.77. The third-order valence-corrected chi connectivity index (χ3v) is 5.41. The largest absolute Gasteiger partial charge is 0.493 e. The van der Waals surface area contributed by atoms with Crippen molar-refractivity contribution >= 4 is 5.97 Å². The van der Waals surface area contributed by atoms with Gasteiger partial charge in [-0.25, -0.2) is 9.67 Å². The van der Waals surface area contributed by atoms with E-state index in [0.29, 0.717) is 36.6 Å². The normalized spacial score (nSPS) is 11.6. The van der Waals surface area contributed by atoms with E-state index in [1.807, 2.05) is 26.0 Å². The van der Waals surface area contributed by atoms with Crippen LogP contribution in [0.5, 0.6) is 5.75 Å². The first kappa shape index (κ1) is 25.3. The van der Waals surface area contributed by atoms with Gasteiger partial charge in [-0.1, -0.05) is 38.5 Å². The standard InChI is InChI=1S/C25H28F3N3O3/c1-3-7-21-19(16-31(30-21)22-12-11-20(15-29-22)25(26,27)28)10-6-13-34-24-17(4-2)8-5-9-18(24)14-23(32)33/h5,8-9,11-12,15-16H,3-4,6-7,10,13-14H2,1-2H3,(H,32,33). The number of aliphatic carboxylic acids is 1. The molecule has 0 radical (unpaired) electrons. The molecule has 3 aromatic rings. The van der Waals surface area contributed by atoms with E-state index in [0.717, 1.165) is 48.3 Å². The number of hydrogen-bond acceptors (Lipinski definition) is 4. The number of carboxylic acid groups (broad SMARTS) is 1. The van der Waals surface area contributed by atoms with E-state index in [-0.39, 0.29) is 6.42 Å². The Morgan fingerprint density at radius 3 is 2.47 bits per heavy atom. The molecule has 9 heteroatoms. The van der Waals surface area contributed by atoms with Crippen LogP contribution in [-0.4, -0.2) is 32.4 Å². The van der Waals surface area contributed by atoms with Crippen LogP contribution >= 0.6 is 0 Å². The molecule has 0 saturated carbocycles. The number of carboxylic acids is 1. The summed E-state index contributed by atoms with van der Waals surface area (Å²) < 4.78 is 46.0. The SMILES string of the molecule is CCCc1nn(-c2ccc(C(F)(F)F)cn2)cc1CCCOc1c(CC)cccc1CC(=O)O. The molecule has 0 bridgehead atoms. The number of para-hydroxylation sites is 1. The molecule has 6 nitrogen and oxygen atoms in total. The smallest absolute Gasteiger partial charge is 0.417 e. The van der Waals surface area contributed by atoms with Crippen LogP contribution in [0.25, 0.3) is 5.82 Å². The molecule has 0 amide bonds. The number of carbonyl (C=O) groups is 1. The lowest BCUT2D eigenvalue weighted by molar-refractivity contribution is -0.138. The molecule has 0 aliphatic heterocycles. The Labute approximate surface area is 196 Å². The van der Waals surface area contributed by atoms with Gasteiger partial charge in [0.25, 0.3) is 0 Å². The second-order valence-electron chi connectivity index (χ2n) is 7.98. The van der Waals surface area contributed by atoms with Crippen LogP contribution in [0.15, 0.2) is 42.7 Å². The van der Waals surface area contributed by atoms with Gasteiger partial charge in [0, 0.05) is 18.0 Å². The summed E-state index contributed by atoms with van der Waals surface area (Å²) in [6, 6.07) is 7.84. The second kappa shape index (κ2) is 11.2. The molecule has 1 N–H and O–H groups in total. The van der Waals surface area contributed by atoms with Crippen molar-refractivity contribution in [2.75, 3.05) is 6.61 Å². The minimum absolute atomic E-state index is 0.100. The summed E-state index contributed by atoms with van der Waals surface area (Å²) in [6.45, 7) is 4.43. The van der Waals surface area contributed by atoms with Crippen LogP contribution in [0.3, 0.4) is 0 Å². The first-order valence-electron chi connectivity index (χ1n) is 11.3. The van der Waals surface area contributed by atoms with Crippen LogP contribution in [-0.2, 0) is 36.7 Å². The lowest BCUT2D eigenvalue weighted by atomic mass is 10.0. The van der Waals surface area contributed by atoms with Gasteiger partial charge in [0.2, 0.25) is 0 Å². The van der Waals surface area contributed by atoms with Crippen molar-refractivity contribution < 1.29 is 27.8 Å². The van der Waals surface area contributed by atoms with E-state index < -0.39 is 17.7 Å². The first-order chi connectivity index (χ1) is 16.2. The second-order valence-corrected chi connectivity index (χ2v) is 7.98. The molecule has 34 heavy (non-hydrogen) atoms. The highest BCUT2D eigenvalue weighted by molar-refractivity contribution is 5.71. The maximum atomic E-state index is 12.8. The molecule has 0 aliphatic carbocycles. The number of pyridine rings is 1. The fourth-order valence-electron chi connectivity index (χ4n) is 3.75. The van der Waals surface area contributed by atoms with Crippen molar-refractivity contribution in [2.45, 2.75) is 58.5 Å². The lowest BCUT2D eigenvalue weighted by Crippen LogP contribution is -2.08. The first-order valence-corrected chi connectivity index (χ1v) is 11.3. The predicted octanol–water partition coefficient (Wildman–Crippen LogP) is 5.44. The number of aryl methyl sites for hydroxylation is 3. The molecule has 1 aromatic carbocycles. The van der Waals surface area contributed by atoms with Crippen molar-refractivity contribution in [1.29, 1.82) is 0 Å². The number of halogens is 3. The van der Waals surface area contributed by atoms with Crippen LogP contribution in [0.2, 0.25) is 0 Å². The van der Waals surface area contributed by atoms with E-state index in [1.165, 1.54) is 10.7 Å². The quantitative estimate of drug-likeness (QED) is 0.374. The molecule has 0 spiro atoms. The Bertz CT molecular complexity index is 1110. The number of hydrogen-bond donors (Lipinski definition) is 1. The number of alkyl halides is 3. The monoisotopic (exact) mass is 475 g/mol. The highest BCUT2D eigenvalue weighted by atomic mass is 19.4. The summed E-state index contributed by atoms with van der Waals surface area (Å²) in [5, 5.41) is 13.7. The topological polar surface area (TPSA) is 77.2 Å². The van der Waals surface area contributed by atoms with Gasteiger partial charge in [-0.05, 0) is 48.9 Å². The maximum absolute atomic E-state index is 12.8. The maximum Gasteiger partial charge on any atom is 0.417 e. The molecule has 0 saturated heterocycles. The number of rotatable bonds is 11. The zero-order chi connectivity index (χ0) is 24.7. The summed E-state index contributed by atoms with van der Waals surface area (Å²) in [5.41, 5.74) is 2.68. The molecule has 2 heterocycles. The predicted molar refractivity (Wildman–Crippen MR) is 121 cm³/mol. The van der Waals surface area contributed by atoms with Crippen molar-refractivity contribution in [1.82, 2.24) is 14.8 Å². The van der Waals surface area contributed by atoms with Crippen LogP contribution in [0.1, 0.15) is 54.6 Å². The number of nitrogens with zero attached hydrogens (tertiary/aromatic N) is 3. The molecule has 182 valence electrons. The Balaban J connectivity index is 1.70. The Hall–Kier alpha value is -3.36. The summed E-state index contributed by atoms with van der Waals surface area (Å²) >= 11 is 0. The zero-order valence-electron chi connectivity index (χ0n) is 19.2. The highest BCUT2D eigenvalue weighted by Crippen LogP contribution is 2.29. The molecule has 0 fully saturated rings. The van der Waals surface area contributed by atoms with Gasteiger partial charge < -0.3 is 9.84 Å². The molecule has 0 aliphatic rings. The van der Waals surface area contributed by atoms with E-state index in [9.17, 15) is 23.1 Å². The average molecular weight is 476 g/mol.